The van der Waals surface area contributed by atoms with E-state index in [9.17, 15) is 22.8 Å². The summed E-state index contributed by atoms with van der Waals surface area (Å²) in [7, 11) is 0. The normalized spacial score (nSPS) is 18.9. The standard InChI is InChI=1S/C24H27F3N2O3/c1-15-10-16(2)12-19(11-15)23(31)29-9-8-20(28-17(3)30)14-21(29)13-18-4-6-22(7-5-18)32-24(25,26)27/h4-7,10-12,20-21H,8-9,13-14H2,1-3H3,(H,28,30)/t20-,21+/m0/s1. The van der Waals surface area contributed by atoms with Crippen LogP contribution in [0.5, 0.6) is 5.75 Å². The molecule has 0 bridgehead atoms. The maximum Gasteiger partial charge on any atom is 0.573 e. The number of alkyl halides is 3. The monoisotopic (exact) mass is 448 g/mol. The number of carbonyl (C=O) groups is 2. The Kier molecular flexibility index (Phi) is 7.11. The Hall–Kier alpha value is -3.03. The molecule has 1 fully saturated rings. The number of amides is 2. The third-order valence-corrected chi connectivity index (χ3v) is 5.48. The van der Waals surface area contributed by atoms with Gasteiger partial charge in [0.2, 0.25) is 5.91 Å². The molecule has 8 heteroatoms. The van der Waals surface area contributed by atoms with Crippen LogP contribution in [0.3, 0.4) is 0 Å². The van der Waals surface area contributed by atoms with Crippen LogP contribution in [-0.2, 0) is 11.2 Å². The number of nitrogens with one attached hydrogen (secondary N) is 1. The summed E-state index contributed by atoms with van der Waals surface area (Å²) in [6.07, 6.45) is -3.08. The molecule has 0 spiro atoms. The van der Waals surface area contributed by atoms with Crippen LogP contribution in [0, 0.1) is 13.8 Å². The minimum Gasteiger partial charge on any atom is -0.406 e. The van der Waals surface area contributed by atoms with E-state index >= 15 is 0 Å². The Morgan fingerprint density at radius 2 is 1.72 bits per heavy atom. The van der Waals surface area contributed by atoms with Crippen LogP contribution in [0.1, 0.15) is 46.8 Å². The van der Waals surface area contributed by atoms with Crippen LogP contribution in [0.2, 0.25) is 0 Å². The van der Waals surface area contributed by atoms with Crippen molar-refractivity contribution in [3.63, 3.8) is 0 Å². The summed E-state index contributed by atoms with van der Waals surface area (Å²) in [6, 6.07) is 11.1. The molecule has 0 unspecified atom stereocenters. The fraction of sp³-hybridized carbons (Fsp3) is 0.417. The average Bonchev–Trinajstić information content (AvgIpc) is 2.67. The number of likely N-dealkylation sites (tertiary alicyclic amines) is 1. The summed E-state index contributed by atoms with van der Waals surface area (Å²) in [5, 5.41) is 2.93. The van der Waals surface area contributed by atoms with Crippen molar-refractivity contribution in [2.75, 3.05) is 6.54 Å². The highest BCUT2D eigenvalue weighted by Gasteiger charge is 2.33. The van der Waals surface area contributed by atoms with Crippen LogP contribution >= 0.6 is 0 Å². The molecule has 1 aliphatic rings. The van der Waals surface area contributed by atoms with Gasteiger partial charge in [-0.05, 0) is 62.9 Å². The second kappa shape index (κ2) is 9.63. The number of halogens is 3. The summed E-state index contributed by atoms with van der Waals surface area (Å²) >= 11 is 0. The number of ether oxygens (including phenoxy) is 1. The number of piperidine rings is 1. The summed E-state index contributed by atoms with van der Waals surface area (Å²) < 4.78 is 41.2. The number of rotatable bonds is 5. The number of hydrogen-bond acceptors (Lipinski definition) is 3. The summed E-state index contributed by atoms with van der Waals surface area (Å²) in [6.45, 7) is 5.82. The third kappa shape index (κ3) is 6.48. The van der Waals surface area contributed by atoms with Crippen molar-refractivity contribution in [1.29, 1.82) is 0 Å². The Morgan fingerprint density at radius 3 is 2.28 bits per heavy atom. The number of carbonyl (C=O) groups excluding carboxylic acids is 2. The fourth-order valence-corrected chi connectivity index (χ4v) is 4.29. The topological polar surface area (TPSA) is 58.6 Å². The van der Waals surface area contributed by atoms with Gasteiger partial charge in [-0.25, -0.2) is 0 Å². The SMILES string of the molecule is CC(=O)N[C@H]1CCN(C(=O)c2cc(C)cc(C)c2)[C@H](Cc2ccc(OC(F)(F)F)cc2)C1. The zero-order chi connectivity index (χ0) is 23.5. The van der Waals surface area contributed by atoms with Gasteiger partial charge in [-0.15, -0.1) is 13.2 Å². The Labute approximate surface area is 185 Å². The van der Waals surface area contributed by atoms with E-state index in [1.165, 1.54) is 19.1 Å². The van der Waals surface area contributed by atoms with Gasteiger partial charge in [-0.3, -0.25) is 9.59 Å². The number of hydrogen-bond donors (Lipinski definition) is 1. The molecule has 2 aromatic rings. The molecule has 172 valence electrons. The number of nitrogens with zero attached hydrogens (tertiary/aromatic N) is 1. The van der Waals surface area contributed by atoms with E-state index in [1.807, 2.05) is 36.9 Å². The minimum absolute atomic E-state index is 0.0615. The lowest BCUT2D eigenvalue weighted by molar-refractivity contribution is -0.274. The van der Waals surface area contributed by atoms with E-state index in [0.717, 1.165) is 16.7 Å². The van der Waals surface area contributed by atoms with Crippen molar-refractivity contribution in [3.8, 4) is 5.75 Å². The molecule has 2 amide bonds. The maximum absolute atomic E-state index is 13.3. The Bertz CT molecular complexity index is 953. The average molecular weight is 448 g/mol. The lowest BCUT2D eigenvalue weighted by atomic mass is 9.91. The number of benzene rings is 2. The fourth-order valence-electron chi connectivity index (χ4n) is 4.29. The molecule has 32 heavy (non-hydrogen) atoms. The first-order valence-electron chi connectivity index (χ1n) is 10.5. The first-order chi connectivity index (χ1) is 15.0. The largest absolute Gasteiger partial charge is 0.573 e. The van der Waals surface area contributed by atoms with Crippen molar-refractivity contribution >= 4 is 11.8 Å². The van der Waals surface area contributed by atoms with E-state index in [0.29, 0.717) is 31.4 Å². The molecule has 2 atom stereocenters. The molecule has 5 nitrogen and oxygen atoms in total. The van der Waals surface area contributed by atoms with E-state index in [1.54, 1.807) is 12.1 Å². The van der Waals surface area contributed by atoms with Gasteiger partial charge < -0.3 is 15.0 Å². The minimum atomic E-state index is -4.74. The van der Waals surface area contributed by atoms with Crippen molar-refractivity contribution in [2.45, 2.75) is 58.5 Å². The highest BCUT2D eigenvalue weighted by Crippen LogP contribution is 2.27. The zero-order valence-electron chi connectivity index (χ0n) is 18.3. The van der Waals surface area contributed by atoms with Crippen molar-refractivity contribution in [2.24, 2.45) is 0 Å². The van der Waals surface area contributed by atoms with Crippen LogP contribution in [0.25, 0.3) is 0 Å². The second-order valence-electron chi connectivity index (χ2n) is 8.35. The van der Waals surface area contributed by atoms with E-state index in [4.69, 9.17) is 0 Å². The third-order valence-electron chi connectivity index (χ3n) is 5.48. The predicted molar refractivity (Wildman–Crippen MR) is 114 cm³/mol. The van der Waals surface area contributed by atoms with Gasteiger partial charge in [0.05, 0.1) is 0 Å². The van der Waals surface area contributed by atoms with E-state index < -0.39 is 6.36 Å². The molecular weight excluding hydrogens is 421 g/mol. The highest BCUT2D eigenvalue weighted by molar-refractivity contribution is 5.95. The zero-order valence-corrected chi connectivity index (χ0v) is 18.3. The second-order valence-corrected chi connectivity index (χ2v) is 8.35. The molecular formula is C24H27F3N2O3. The van der Waals surface area contributed by atoms with Gasteiger partial charge in [0.25, 0.3) is 5.91 Å². The Balaban J connectivity index is 1.81. The molecule has 0 radical (unpaired) electrons. The maximum atomic E-state index is 13.3. The van der Waals surface area contributed by atoms with Crippen molar-refractivity contribution < 1.29 is 27.5 Å². The molecule has 0 aromatic heterocycles. The molecule has 1 aliphatic heterocycles. The Morgan fingerprint density at radius 1 is 1.09 bits per heavy atom. The molecule has 1 heterocycles. The van der Waals surface area contributed by atoms with E-state index in [-0.39, 0.29) is 29.6 Å². The van der Waals surface area contributed by atoms with Gasteiger partial charge in [-0.1, -0.05) is 29.3 Å². The summed E-state index contributed by atoms with van der Waals surface area (Å²) in [5.41, 5.74) is 3.39. The lowest BCUT2D eigenvalue weighted by Crippen LogP contribution is -2.52. The smallest absolute Gasteiger partial charge is 0.406 e. The van der Waals surface area contributed by atoms with Crippen LogP contribution in [-0.4, -0.2) is 41.7 Å². The summed E-state index contributed by atoms with van der Waals surface area (Å²) in [4.78, 5) is 26.7. The molecule has 0 aliphatic carbocycles. The molecule has 3 rings (SSSR count). The van der Waals surface area contributed by atoms with Crippen molar-refractivity contribution in [1.82, 2.24) is 10.2 Å². The van der Waals surface area contributed by atoms with Gasteiger partial charge >= 0.3 is 6.36 Å². The van der Waals surface area contributed by atoms with Gasteiger partial charge in [0, 0.05) is 31.1 Å². The quantitative estimate of drug-likeness (QED) is 0.730. The van der Waals surface area contributed by atoms with Gasteiger partial charge in [0.1, 0.15) is 5.75 Å². The number of aryl methyl sites for hydroxylation is 2. The van der Waals surface area contributed by atoms with Crippen LogP contribution < -0.4 is 10.1 Å². The lowest BCUT2D eigenvalue weighted by Gasteiger charge is -2.40. The van der Waals surface area contributed by atoms with Crippen LogP contribution in [0.4, 0.5) is 13.2 Å². The molecule has 1 N–H and O–H groups in total. The van der Waals surface area contributed by atoms with Crippen molar-refractivity contribution in [3.05, 3.63) is 64.7 Å². The highest BCUT2D eigenvalue weighted by atomic mass is 19.4. The molecule has 0 saturated carbocycles. The molecule has 2 aromatic carbocycles. The first kappa shape index (κ1) is 23.6. The summed E-state index contributed by atoms with van der Waals surface area (Å²) in [5.74, 6) is -0.499. The van der Waals surface area contributed by atoms with Gasteiger partial charge in [-0.2, -0.15) is 0 Å². The van der Waals surface area contributed by atoms with Gasteiger partial charge in [0.15, 0.2) is 0 Å². The van der Waals surface area contributed by atoms with Crippen LogP contribution in [0.15, 0.2) is 42.5 Å². The molecule has 1 saturated heterocycles. The van der Waals surface area contributed by atoms with E-state index in [2.05, 4.69) is 10.1 Å². The predicted octanol–water partition coefficient (Wildman–Crippen LogP) is 4.55. The first-order valence-corrected chi connectivity index (χ1v) is 10.5.